The summed E-state index contributed by atoms with van der Waals surface area (Å²) in [6.45, 7) is 8.44. The van der Waals surface area contributed by atoms with Gasteiger partial charge in [-0.2, -0.15) is 0 Å². The lowest BCUT2D eigenvalue weighted by Crippen LogP contribution is -2.50. The van der Waals surface area contributed by atoms with E-state index in [1.165, 1.54) is 6.07 Å². The summed E-state index contributed by atoms with van der Waals surface area (Å²) in [6.07, 6.45) is 2.48. The molecule has 1 saturated heterocycles. The van der Waals surface area contributed by atoms with E-state index in [2.05, 4.69) is 9.82 Å². The van der Waals surface area contributed by atoms with Crippen LogP contribution in [0.3, 0.4) is 0 Å². The maximum absolute atomic E-state index is 12.7. The SMILES string of the molecule is CCc1nc(C)c(N)cc1S(=O)(=O)NN1CCCC1(C)C. The molecule has 2 rings (SSSR count). The molecule has 1 fully saturated rings. The van der Waals surface area contributed by atoms with Crippen LogP contribution < -0.4 is 10.6 Å². The van der Waals surface area contributed by atoms with Crippen molar-refractivity contribution in [1.82, 2.24) is 14.8 Å². The van der Waals surface area contributed by atoms with E-state index in [1.54, 1.807) is 11.9 Å². The molecule has 7 heteroatoms. The van der Waals surface area contributed by atoms with Gasteiger partial charge in [-0.1, -0.05) is 6.92 Å². The minimum Gasteiger partial charge on any atom is -0.397 e. The normalized spacial score (nSPS) is 19.0. The number of anilines is 1. The first-order valence-corrected chi connectivity index (χ1v) is 8.72. The predicted octanol–water partition coefficient (Wildman–Crippen LogP) is 1.60. The van der Waals surface area contributed by atoms with E-state index in [-0.39, 0.29) is 10.4 Å². The first-order valence-electron chi connectivity index (χ1n) is 7.23. The Balaban J connectivity index is 2.38. The molecule has 2 heterocycles. The minimum atomic E-state index is -3.66. The van der Waals surface area contributed by atoms with Crippen molar-refractivity contribution in [2.24, 2.45) is 0 Å². The zero-order valence-corrected chi connectivity index (χ0v) is 13.9. The van der Waals surface area contributed by atoms with Crippen molar-refractivity contribution in [1.29, 1.82) is 0 Å². The maximum atomic E-state index is 12.7. The molecule has 3 N–H and O–H groups in total. The second kappa shape index (κ2) is 5.55. The number of aromatic nitrogens is 1. The molecule has 0 radical (unpaired) electrons. The average molecular weight is 312 g/mol. The van der Waals surface area contributed by atoms with Gasteiger partial charge in [-0.05, 0) is 46.1 Å². The van der Waals surface area contributed by atoms with Crippen LogP contribution in [0.5, 0.6) is 0 Å². The van der Waals surface area contributed by atoms with Crippen molar-refractivity contribution in [3.8, 4) is 0 Å². The first-order chi connectivity index (χ1) is 9.67. The Morgan fingerprint density at radius 2 is 2.14 bits per heavy atom. The highest BCUT2D eigenvalue weighted by atomic mass is 32.2. The molecule has 6 nitrogen and oxygen atoms in total. The predicted molar refractivity (Wildman–Crippen MR) is 83.1 cm³/mol. The molecule has 21 heavy (non-hydrogen) atoms. The van der Waals surface area contributed by atoms with Crippen molar-refractivity contribution >= 4 is 15.7 Å². The van der Waals surface area contributed by atoms with Crippen LogP contribution in [0.4, 0.5) is 5.69 Å². The Bertz CT molecular complexity index is 641. The molecule has 0 amide bonds. The van der Waals surface area contributed by atoms with E-state index in [1.807, 2.05) is 20.8 Å². The fourth-order valence-electron chi connectivity index (χ4n) is 2.61. The van der Waals surface area contributed by atoms with Crippen LogP contribution >= 0.6 is 0 Å². The summed E-state index contributed by atoms with van der Waals surface area (Å²) >= 11 is 0. The van der Waals surface area contributed by atoms with Gasteiger partial charge in [-0.15, -0.1) is 4.83 Å². The summed E-state index contributed by atoms with van der Waals surface area (Å²) in [5.74, 6) is 0. The molecule has 1 aliphatic heterocycles. The molecular weight excluding hydrogens is 288 g/mol. The number of aryl methyl sites for hydroxylation is 2. The van der Waals surface area contributed by atoms with Gasteiger partial charge in [-0.25, -0.2) is 13.4 Å². The molecule has 0 aliphatic carbocycles. The highest BCUT2D eigenvalue weighted by Crippen LogP contribution is 2.28. The third kappa shape index (κ3) is 3.20. The van der Waals surface area contributed by atoms with Crippen molar-refractivity contribution in [2.75, 3.05) is 12.3 Å². The summed E-state index contributed by atoms with van der Waals surface area (Å²) in [6, 6.07) is 1.51. The lowest BCUT2D eigenvalue weighted by Gasteiger charge is -2.31. The average Bonchev–Trinajstić information content (AvgIpc) is 2.71. The van der Waals surface area contributed by atoms with E-state index < -0.39 is 10.0 Å². The van der Waals surface area contributed by atoms with Crippen LogP contribution in [-0.2, 0) is 16.4 Å². The minimum absolute atomic E-state index is 0.177. The number of sulfonamides is 1. The van der Waals surface area contributed by atoms with Gasteiger partial charge in [0.15, 0.2) is 0 Å². The molecule has 0 aromatic carbocycles. The third-order valence-corrected chi connectivity index (χ3v) is 5.44. The van der Waals surface area contributed by atoms with Gasteiger partial charge < -0.3 is 5.73 Å². The zero-order valence-electron chi connectivity index (χ0n) is 13.1. The van der Waals surface area contributed by atoms with Crippen molar-refractivity contribution in [3.63, 3.8) is 0 Å². The summed E-state index contributed by atoms with van der Waals surface area (Å²) in [5.41, 5.74) is 7.26. The quantitative estimate of drug-likeness (QED) is 0.881. The second-order valence-corrected chi connectivity index (χ2v) is 7.75. The van der Waals surface area contributed by atoms with Gasteiger partial charge in [0.25, 0.3) is 10.0 Å². The standard InChI is InChI=1S/C14H24N4O2S/c1-5-12-13(9-11(15)10(2)16-12)21(19,20)17-18-8-6-7-14(18,3)4/h9,17H,5-8,15H2,1-4H3. The van der Waals surface area contributed by atoms with Gasteiger partial charge in [-0.3, -0.25) is 4.98 Å². The van der Waals surface area contributed by atoms with Crippen LogP contribution in [-0.4, -0.2) is 30.5 Å². The summed E-state index contributed by atoms with van der Waals surface area (Å²) in [5, 5.41) is 1.79. The molecule has 1 aliphatic rings. The van der Waals surface area contributed by atoms with Gasteiger partial charge in [0.05, 0.1) is 17.1 Å². The molecule has 1 aromatic rings. The third-order valence-electron chi connectivity index (χ3n) is 4.05. The summed E-state index contributed by atoms with van der Waals surface area (Å²) in [7, 11) is -3.66. The largest absolute Gasteiger partial charge is 0.397 e. The number of nitrogens with two attached hydrogens (primary N) is 1. The number of nitrogen functional groups attached to an aromatic ring is 1. The highest BCUT2D eigenvalue weighted by Gasteiger charge is 2.35. The smallest absolute Gasteiger partial charge is 0.255 e. The number of nitrogens with one attached hydrogen (secondary N) is 1. The summed E-state index contributed by atoms with van der Waals surface area (Å²) in [4.78, 5) is 7.18. The van der Waals surface area contributed by atoms with Crippen molar-refractivity contribution in [2.45, 2.75) is 57.4 Å². The van der Waals surface area contributed by atoms with Gasteiger partial charge >= 0.3 is 0 Å². The highest BCUT2D eigenvalue weighted by molar-refractivity contribution is 7.89. The molecular formula is C14H24N4O2S. The molecule has 0 spiro atoms. The fourth-order valence-corrected chi connectivity index (χ4v) is 4.12. The lowest BCUT2D eigenvalue weighted by molar-refractivity contribution is 0.147. The van der Waals surface area contributed by atoms with Crippen molar-refractivity contribution in [3.05, 3.63) is 17.5 Å². The Kier molecular flexibility index (Phi) is 4.28. The van der Waals surface area contributed by atoms with Gasteiger partial charge in [0.2, 0.25) is 0 Å². The van der Waals surface area contributed by atoms with Crippen LogP contribution in [0, 0.1) is 6.92 Å². The molecule has 0 unspecified atom stereocenters. The molecule has 0 saturated carbocycles. The first kappa shape index (κ1) is 16.2. The molecule has 0 bridgehead atoms. The summed E-state index contributed by atoms with van der Waals surface area (Å²) < 4.78 is 25.3. The van der Waals surface area contributed by atoms with Crippen LogP contribution in [0.15, 0.2) is 11.0 Å². The monoisotopic (exact) mass is 312 g/mol. The number of nitrogens with zero attached hydrogens (tertiary/aromatic N) is 2. The number of pyridine rings is 1. The van der Waals surface area contributed by atoms with Crippen LogP contribution in [0.1, 0.15) is 45.0 Å². The Hall–Kier alpha value is -1.18. The molecule has 0 atom stereocenters. The maximum Gasteiger partial charge on any atom is 0.255 e. The fraction of sp³-hybridized carbons (Fsp3) is 0.643. The van der Waals surface area contributed by atoms with Gasteiger partial charge in [0.1, 0.15) is 4.90 Å². The van der Waals surface area contributed by atoms with Crippen LogP contribution in [0.25, 0.3) is 0 Å². The number of hydrogen-bond acceptors (Lipinski definition) is 5. The van der Waals surface area contributed by atoms with E-state index in [0.29, 0.717) is 30.0 Å². The number of hydrazine groups is 1. The second-order valence-electron chi connectivity index (χ2n) is 6.12. The number of hydrogen-bond donors (Lipinski definition) is 2. The lowest BCUT2D eigenvalue weighted by atomic mass is 10.0. The Morgan fingerprint density at radius 1 is 1.48 bits per heavy atom. The van der Waals surface area contributed by atoms with E-state index >= 15 is 0 Å². The van der Waals surface area contributed by atoms with Gasteiger partial charge in [0, 0.05) is 12.1 Å². The van der Waals surface area contributed by atoms with Crippen LogP contribution in [0.2, 0.25) is 0 Å². The Labute approximate surface area is 126 Å². The van der Waals surface area contributed by atoms with E-state index in [0.717, 1.165) is 12.8 Å². The van der Waals surface area contributed by atoms with E-state index in [9.17, 15) is 8.42 Å². The molecule has 118 valence electrons. The Morgan fingerprint density at radius 3 is 2.67 bits per heavy atom. The zero-order chi connectivity index (χ0) is 15.8. The van der Waals surface area contributed by atoms with Crippen molar-refractivity contribution < 1.29 is 8.42 Å². The molecule has 1 aromatic heterocycles. The number of rotatable bonds is 4. The topological polar surface area (TPSA) is 88.3 Å². The van der Waals surface area contributed by atoms with E-state index in [4.69, 9.17) is 5.73 Å².